The summed E-state index contributed by atoms with van der Waals surface area (Å²) in [6.07, 6.45) is 2.91. The van der Waals surface area contributed by atoms with Crippen molar-refractivity contribution in [2.24, 2.45) is 0 Å². The minimum absolute atomic E-state index is 0.189. The third kappa shape index (κ3) is 4.31. The van der Waals surface area contributed by atoms with Gasteiger partial charge in [-0.2, -0.15) is 0 Å². The number of benzene rings is 2. The predicted octanol–water partition coefficient (Wildman–Crippen LogP) is 2.12. The number of carbonyl (C=O) groups is 3. The molecule has 4 rings (SSSR count). The molecular weight excluding hydrogens is 470 g/mol. The molecule has 0 radical (unpaired) electrons. The van der Waals surface area contributed by atoms with Crippen LogP contribution in [0.2, 0.25) is 0 Å². The second-order valence-corrected chi connectivity index (χ2v) is 9.63. The minimum atomic E-state index is -1.72. The molecule has 2 aliphatic rings. The van der Waals surface area contributed by atoms with E-state index in [0.29, 0.717) is 48.6 Å². The zero-order chi connectivity index (χ0) is 26.7. The normalized spacial score (nSPS) is 20.3. The Morgan fingerprint density at radius 1 is 1.08 bits per heavy atom. The number of para-hydroxylation sites is 1. The topological polar surface area (TPSA) is 91.6 Å². The SMILES string of the molecule is C=CCOc1ccc(C(O)=C2C(=O)C(=O)N(CCC[NH+](C)C)C23C(=O)N(CCC)c2ccccc23)cc1. The highest BCUT2D eigenvalue weighted by Crippen LogP contribution is 2.53. The van der Waals surface area contributed by atoms with E-state index in [2.05, 4.69) is 6.58 Å². The molecule has 1 spiro atoms. The Kier molecular flexibility index (Phi) is 7.50. The van der Waals surface area contributed by atoms with Crippen LogP contribution in [-0.2, 0) is 19.9 Å². The molecule has 194 valence electrons. The maximum atomic E-state index is 14.3. The van der Waals surface area contributed by atoms with E-state index in [0.717, 1.165) is 6.54 Å². The van der Waals surface area contributed by atoms with Crippen molar-refractivity contribution in [1.29, 1.82) is 0 Å². The van der Waals surface area contributed by atoms with Crippen LogP contribution in [0, 0.1) is 0 Å². The number of aliphatic hydroxyl groups is 1. The highest BCUT2D eigenvalue weighted by atomic mass is 16.5. The third-order valence-corrected chi connectivity index (χ3v) is 6.81. The van der Waals surface area contributed by atoms with Crippen molar-refractivity contribution in [3.8, 4) is 5.75 Å². The summed E-state index contributed by atoms with van der Waals surface area (Å²) in [6.45, 7) is 7.31. The van der Waals surface area contributed by atoms with Gasteiger partial charge in [0.1, 0.15) is 18.1 Å². The Labute approximate surface area is 217 Å². The fourth-order valence-corrected chi connectivity index (χ4v) is 5.21. The number of ketones is 1. The number of rotatable bonds is 10. The summed E-state index contributed by atoms with van der Waals surface area (Å²) in [7, 11) is 4.01. The van der Waals surface area contributed by atoms with Crippen LogP contribution in [-0.4, -0.2) is 67.9 Å². The number of nitrogens with one attached hydrogen (secondary N) is 1. The Morgan fingerprint density at radius 3 is 2.43 bits per heavy atom. The molecule has 2 amide bonds. The molecule has 1 fully saturated rings. The van der Waals surface area contributed by atoms with Crippen molar-refractivity contribution in [2.75, 3.05) is 45.2 Å². The van der Waals surface area contributed by atoms with Gasteiger partial charge in [0.2, 0.25) is 0 Å². The molecule has 0 saturated carbocycles. The lowest BCUT2D eigenvalue weighted by Gasteiger charge is -2.34. The zero-order valence-corrected chi connectivity index (χ0v) is 21.6. The summed E-state index contributed by atoms with van der Waals surface area (Å²) in [4.78, 5) is 45.6. The van der Waals surface area contributed by atoms with Gasteiger partial charge in [-0.3, -0.25) is 14.4 Å². The van der Waals surface area contributed by atoms with Crippen molar-refractivity contribution in [2.45, 2.75) is 25.3 Å². The van der Waals surface area contributed by atoms with E-state index < -0.39 is 17.2 Å². The van der Waals surface area contributed by atoms with Crippen LogP contribution in [0.4, 0.5) is 5.69 Å². The molecule has 2 aliphatic heterocycles. The molecular formula is C29H34N3O5+. The van der Waals surface area contributed by atoms with Crippen LogP contribution in [0.15, 0.2) is 66.8 Å². The van der Waals surface area contributed by atoms with Crippen LogP contribution >= 0.6 is 0 Å². The second-order valence-electron chi connectivity index (χ2n) is 9.63. The summed E-state index contributed by atoms with van der Waals surface area (Å²) >= 11 is 0. The molecule has 1 atom stereocenters. The van der Waals surface area contributed by atoms with Crippen molar-refractivity contribution in [3.63, 3.8) is 0 Å². The molecule has 8 nitrogen and oxygen atoms in total. The van der Waals surface area contributed by atoms with Gasteiger partial charge in [0.25, 0.3) is 17.6 Å². The zero-order valence-electron chi connectivity index (χ0n) is 21.6. The first kappa shape index (κ1) is 26.2. The van der Waals surface area contributed by atoms with E-state index >= 15 is 0 Å². The van der Waals surface area contributed by atoms with Gasteiger partial charge in [-0.1, -0.05) is 37.8 Å². The summed E-state index contributed by atoms with van der Waals surface area (Å²) in [5, 5.41) is 11.5. The van der Waals surface area contributed by atoms with Gasteiger partial charge < -0.3 is 24.5 Å². The number of likely N-dealkylation sites (tertiary alicyclic amines) is 1. The summed E-state index contributed by atoms with van der Waals surface area (Å²) in [6, 6.07) is 13.8. The lowest BCUT2D eigenvalue weighted by atomic mass is 9.82. The molecule has 2 N–H and O–H groups in total. The van der Waals surface area contributed by atoms with Gasteiger partial charge >= 0.3 is 0 Å². The van der Waals surface area contributed by atoms with Crippen LogP contribution in [0.3, 0.4) is 0 Å². The molecule has 2 aromatic carbocycles. The number of amides is 2. The fourth-order valence-electron chi connectivity index (χ4n) is 5.21. The van der Waals surface area contributed by atoms with Crippen molar-refractivity contribution in [1.82, 2.24) is 4.90 Å². The van der Waals surface area contributed by atoms with Gasteiger partial charge in [0.15, 0.2) is 5.54 Å². The Morgan fingerprint density at radius 2 is 1.78 bits per heavy atom. The highest BCUT2D eigenvalue weighted by Gasteiger charge is 2.66. The fraction of sp³-hybridized carbons (Fsp3) is 0.345. The van der Waals surface area contributed by atoms with Gasteiger partial charge in [-0.25, -0.2) is 0 Å². The molecule has 8 heteroatoms. The van der Waals surface area contributed by atoms with E-state index in [1.807, 2.05) is 33.2 Å². The third-order valence-electron chi connectivity index (χ3n) is 6.81. The smallest absolute Gasteiger partial charge is 0.296 e. The monoisotopic (exact) mass is 504 g/mol. The molecule has 37 heavy (non-hydrogen) atoms. The van der Waals surface area contributed by atoms with Crippen LogP contribution in [0.5, 0.6) is 5.75 Å². The summed E-state index contributed by atoms with van der Waals surface area (Å²) in [5.41, 5.74) is -0.398. The number of fused-ring (bicyclic) bond motifs is 2. The minimum Gasteiger partial charge on any atom is -0.507 e. The molecule has 2 aromatic rings. The number of nitrogens with zero attached hydrogens (tertiary/aromatic N) is 2. The Balaban J connectivity index is 1.92. The van der Waals surface area contributed by atoms with Crippen LogP contribution in [0.1, 0.15) is 30.9 Å². The van der Waals surface area contributed by atoms with Gasteiger partial charge in [0, 0.05) is 30.6 Å². The average Bonchev–Trinajstić information content (AvgIpc) is 3.26. The quantitative estimate of drug-likeness (QED) is 0.224. The van der Waals surface area contributed by atoms with Gasteiger partial charge in [0.05, 0.1) is 31.9 Å². The van der Waals surface area contributed by atoms with E-state index in [1.165, 1.54) is 9.80 Å². The number of ether oxygens (including phenoxy) is 1. The number of quaternary nitrogens is 1. The highest BCUT2D eigenvalue weighted by molar-refractivity contribution is 6.50. The Hall–Kier alpha value is -3.91. The van der Waals surface area contributed by atoms with Gasteiger partial charge in [-0.15, -0.1) is 0 Å². The number of anilines is 1. The summed E-state index contributed by atoms with van der Waals surface area (Å²) < 4.78 is 5.52. The molecule has 0 bridgehead atoms. The number of hydrogen-bond donors (Lipinski definition) is 2. The standard InChI is InChI=1S/C29H33N3O5/c1-5-16-31-23-11-8-7-10-22(23)29(28(31)36)24(26(34)27(35)32(29)18-9-17-30(3)4)25(33)20-12-14-21(15-13-20)37-19-6-2/h6-8,10-15,33H,2,5,9,16-19H2,1,3-4H3/p+1. The lowest BCUT2D eigenvalue weighted by Crippen LogP contribution is -3.05. The Bertz CT molecular complexity index is 1250. The van der Waals surface area contributed by atoms with E-state index in [4.69, 9.17) is 4.74 Å². The number of carbonyl (C=O) groups excluding carboxylic acids is 3. The largest absolute Gasteiger partial charge is 0.507 e. The van der Waals surface area contributed by atoms with E-state index in [1.54, 1.807) is 47.4 Å². The number of Topliss-reactive ketones (excluding diaryl/α,β-unsaturated/α-hetero) is 1. The van der Waals surface area contributed by atoms with E-state index in [9.17, 15) is 19.5 Å². The number of aliphatic hydroxyl groups excluding tert-OH is 1. The number of hydrogen-bond acceptors (Lipinski definition) is 5. The van der Waals surface area contributed by atoms with Crippen LogP contribution < -0.4 is 14.5 Å². The molecule has 2 heterocycles. The first-order valence-corrected chi connectivity index (χ1v) is 12.6. The van der Waals surface area contributed by atoms with Crippen LogP contribution in [0.25, 0.3) is 5.76 Å². The van der Waals surface area contributed by atoms with E-state index in [-0.39, 0.29) is 23.8 Å². The summed E-state index contributed by atoms with van der Waals surface area (Å²) in [5.74, 6) is -1.84. The molecule has 1 unspecified atom stereocenters. The first-order valence-electron chi connectivity index (χ1n) is 12.6. The maximum absolute atomic E-state index is 14.3. The second kappa shape index (κ2) is 10.6. The molecule has 0 aliphatic carbocycles. The van der Waals surface area contributed by atoms with Crippen molar-refractivity contribution >= 4 is 29.0 Å². The average molecular weight is 505 g/mol. The van der Waals surface area contributed by atoms with Crippen molar-refractivity contribution in [3.05, 3.63) is 77.9 Å². The van der Waals surface area contributed by atoms with Gasteiger partial charge in [-0.05, 0) is 36.8 Å². The first-order chi connectivity index (χ1) is 17.8. The van der Waals surface area contributed by atoms with Crippen molar-refractivity contribution < 1.29 is 29.1 Å². The molecule has 1 saturated heterocycles. The maximum Gasteiger partial charge on any atom is 0.296 e. The molecule has 0 aromatic heterocycles. The lowest BCUT2D eigenvalue weighted by molar-refractivity contribution is -0.858. The predicted molar refractivity (Wildman–Crippen MR) is 141 cm³/mol.